The molecule has 3 unspecified atom stereocenters. The zero-order valence-electron chi connectivity index (χ0n) is 41.6. The van der Waals surface area contributed by atoms with Gasteiger partial charge in [0.2, 0.25) is 5.91 Å². The summed E-state index contributed by atoms with van der Waals surface area (Å²) in [7, 11) is 0. The molecule has 0 heterocycles. The lowest BCUT2D eigenvalue weighted by Crippen LogP contribution is -2.50. The van der Waals surface area contributed by atoms with E-state index in [9.17, 15) is 20.1 Å². The van der Waals surface area contributed by atoms with Gasteiger partial charge in [-0.15, -0.1) is 0 Å². The van der Waals surface area contributed by atoms with Crippen LogP contribution in [0, 0.1) is 0 Å². The quantitative estimate of drug-likeness (QED) is 0.0362. The van der Waals surface area contributed by atoms with E-state index in [-0.39, 0.29) is 12.5 Å². The Bertz CT molecular complexity index is 864. The summed E-state index contributed by atoms with van der Waals surface area (Å²) in [5, 5.41) is 33.7. The molecular formula is C56H111NO4. The monoisotopic (exact) mass is 862 g/mol. The van der Waals surface area contributed by atoms with E-state index in [1.807, 2.05) is 0 Å². The lowest BCUT2D eigenvalue weighted by atomic mass is 10.0. The fourth-order valence-electron chi connectivity index (χ4n) is 9.05. The molecule has 0 aromatic carbocycles. The minimum absolute atomic E-state index is 0.147. The third kappa shape index (κ3) is 46.9. The smallest absolute Gasteiger partial charge is 0.220 e. The highest BCUT2D eigenvalue weighted by atomic mass is 16.3. The van der Waals surface area contributed by atoms with Crippen LogP contribution in [0.3, 0.4) is 0 Å². The summed E-state index contributed by atoms with van der Waals surface area (Å²) in [5.74, 6) is -0.147. The Morgan fingerprint density at radius 3 is 0.951 bits per heavy atom. The van der Waals surface area contributed by atoms with Gasteiger partial charge in [-0.25, -0.2) is 0 Å². The molecule has 0 aromatic heterocycles. The molecule has 0 aliphatic rings. The van der Waals surface area contributed by atoms with Crippen molar-refractivity contribution in [2.45, 2.75) is 334 Å². The molecule has 0 bridgehead atoms. The van der Waals surface area contributed by atoms with Crippen LogP contribution in [0.5, 0.6) is 0 Å². The molecule has 0 saturated heterocycles. The van der Waals surface area contributed by atoms with E-state index in [1.54, 1.807) is 0 Å². The maximum Gasteiger partial charge on any atom is 0.220 e. The number of aliphatic hydroxyl groups is 3. The van der Waals surface area contributed by atoms with Gasteiger partial charge in [-0.1, -0.05) is 283 Å². The topological polar surface area (TPSA) is 89.8 Å². The van der Waals surface area contributed by atoms with Gasteiger partial charge < -0.3 is 20.6 Å². The van der Waals surface area contributed by atoms with Crippen LogP contribution in [0.25, 0.3) is 0 Å². The van der Waals surface area contributed by atoms with Crippen molar-refractivity contribution >= 4 is 5.91 Å². The van der Waals surface area contributed by atoms with Crippen LogP contribution in [-0.2, 0) is 4.79 Å². The third-order valence-electron chi connectivity index (χ3n) is 13.4. The van der Waals surface area contributed by atoms with Crippen LogP contribution in [0.1, 0.15) is 316 Å². The van der Waals surface area contributed by atoms with Crippen molar-refractivity contribution < 1.29 is 20.1 Å². The van der Waals surface area contributed by atoms with Crippen LogP contribution < -0.4 is 5.32 Å². The molecule has 4 N–H and O–H groups in total. The summed E-state index contributed by atoms with van der Waals surface area (Å²) in [5.41, 5.74) is 0. The Morgan fingerprint density at radius 2 is 0.656 bits per heavy atom. The molecule has 5 nitrogen and oxygen atoms in total. The highest BCUT2D eigenvalue weighted by molar-refractivity contribution is 5.76. The van der Waals surface area contributed by atoms with E-state index in [0.717, 1.165) is 38.5 Å². The summed E-state index contributed by atoms with van der Waals surface area (Å²) in [6, 6.07) is -0.822. The van der Waals surface area contributed by atoms with E-state index in [1.165, 1.54) is 250 Å². The van der Waals surface area contributed by atoms with E-state index < -0.39 is 18.2 Å². The van der Waals surface area contributed by atoms with Crippen molar-refractivity contribution in [3.63, 3.8) is 0 Å². The molecule has 0 aliphatic heterocycles. The summed E-state index contributed by atoms with van der Waals surface area (Å²) in [6.45, 7) is 4.20. The van der Waals surface area contributed by atoms with Gasteiger partial charge in [0.05, 0.1) is 18.8 Å². The number of allylic oxidation sites excluding steroid dienone is 2. The average molecular weight is 863 g/mol. The molecule has 61 heavy (non-hydrogen) atoms. The first-order valence-electron chi connectivity index (χ1n) is 28.0. The lowest BCUT2D eigenvalue weighted by molar-refractivity contribution is -0.124. The van der Waals surface area contributed by atoms with E-state index >= 15 is 0 Å². The van der Waals surface area contributed by atoms with Gasteiger partial charge in [0.15, 0.2) is 0 Å². The molecule has 364 valence electrons. The molecule has 0 saturated carbocycles. The van der Waals surface area contributed by atoms with Crippen molar-refractivity contribution in [3.05, 3.63) is 12.2 Å². The Balaban J connectivity index is 3.48. The van der Waals surface area contributed by atoms with Crippen molar-refractivity contribution in [1.29, 1.82) is 0 Å². The maximum atomic E-state index is 12.5. The molecule has 3 atom stereocenters. The van der Waals surface area contributed by atoms with Crippen molar-refractivity contribution in [2.24, 2.45) is 0 Å². The predicted octanol–water partition coefficient (Wildman–Crippen LogP) is 17.1. The van der Waals surface area contributed by atoms with Gasteiger partial charge in [-0.05, 0) is 38.5 Å². The van der Waals surface area contributed by atoms with E-state index in [4.69, 9.17) is 0 Å². The standard InChI is InChI=1S/C56H111NO4/c1-3-5-7-9-11-13-15-17-19-21-22-23-24-25-26-27-28-29-30-31-32-33-34-35-37-39-41-43-45-47-49-51-55(60)57-53(52-58)56(61)54(59)50-48-46-44-42-40-38-36-20-18-16-14-12-10-8-6-4-2/h42,44,53-54,56,58-59,61H,3-41,43,45-52H2,1-2H3,(H,57,60)/b44-42+. The van der Waals surface area contributed by atoms with Gasteiger partial charge >= 0.3 is 0 Å². The number of hydrogen-bond donors (Lipinski definition) is 4. The van der Waals surface area contributed by atoms with Crippen LogP contribution in [0.4, 0.5) is 0 Å². The number of carbonyl (C=O) groups excluding carboxylic acids is 1. The number of hydrogen-bond acceptors (Lipinski definition) is 4. The minimum Gasteiger partial charge on any atom is -0.394 e. The second-order valence-electron chi connectivity index (χ2n) is 19.5. The van der Waals surface area contributed by atoms with Gasteiger partial charge in [0.25, 0.3) is 0 Å². The summed E-state index contributed by atoms with van der Waals surface area (Å²) in [6.07, 6.45) is 63.8. The molecule has 0 aromatic rings. The Morgan fingerprint density at radius 1 is 0.393 bits per heavy atom. The maximum absolute atomic E-state index is 12.5. The number of aliphatic hydroxyl groups excluding tert-OH is 3. The highest BCUT2D eigenvalue weighted by Crippen LogP contribution is 2.18. The molecule has 0 aliphatic carbocycles. The number of unbranched alkanes of at least 4 members (excludes halogenated alkanes) is 42. The Labute approximate surface area is 382 Å². The van der Waals surface area contributed by atoms with Crippen LogP contribution in [-0.4, -0.2) is 46.1 Å². The van der Waals surface area contributed by atoms with Crippen molar-refractivity contribution in [3.8, 4) is 0 Å². The van der Waals surface area contributed by atoms with Crippen molar-refractivity contribution in [1.82, 2.24) is 5.32 Å². The molecule has 0 radical (unpaired) electrons. The molecule has 0 fully saturated rings. The van der Waals surface area contributed by atoms with Gasteiger partial charge in [-0.2, -0.15) is 0 Å². The number of amides is 1. The first-order valence-corrected chi connectivity index (χ1v) is 28.0. The second-order valence-corrected chi connectivity index (χ2v) is 19.5. The second kappa shape index (κ2) is 51.7. The first kappa shape index (κ1) is 60.1. The first-order chi connectivity index (χ1) is 30.1. The van der Waals surface area contributed by atoms with Crippen LogP contribution in [0.15, 0.2) is 12.2 Å². The summed E-state index contributed by atoms with van der Waals surface area (Å²) >= 11 is 0. The fraction of sp³-hybridized carbons (Fsp3) is 0.946. The zero-order valence-corrected chi connectivity index (χ0v) is 41.6. The number of carbonyl (C=O) groups is 1. The Hall–Kier alpha value is -0.910. The number of nitrogens with one attached hydrogen (secondary N) is 1. The Kier molecular flexibility index (Phi) is 51.0. The molecule has 0 rings (SSSR count). The SMILES string of the molecule is CCCCCCCCCCCCC/C=C/CCCC(O)C(O)C(CO)NC(=O)CCCCCCCCCCCCCCCCCCCCCCCCCCCCCCCCC. The highest BCUT2D eigenvalue weighted by Gasteiger charge is 2.26. The summed E-state index contributed by atoms with van der Waals surface area (Å²) in [4.78, 5) is 12.5. The fourth-order valence-corrected chi connectivity index (χ4v) is 9.05. The average Bonchev–Trinajstić information content (AvgIpc) is 3.26. The minimum atomic E-state index is -1.16. The summed E-state index contributed by atoms with van der Waals surface area (Å²) < 4.78 is 0. The zero-order chi connectivity index (χ0) is 44.4. The van der Waals surface area contributed by atoms with Crippen LogP contribution in [0.2, 0.25) is 0 Å². The largest absolute Gasteiger partial charge is 0.394 e. The normalized spacial score (nSPS) is 13.3. The molecule has 5 heteroatoms. The van der Waals surface area contributed by atoms with E-state index in [2.05, 4.69) is 31.3 Å². The third-order valence-corrected chi connectivity index (χ3v) is 13.4. The van der Waals surface area contributed by atoms with E-state index in [0.29, 0.717) is 12.8 Å². The molecule has 1 amide bonds. The molecular weight excluding hydrogens is 751 g/mol. The lowest BCUT2D eigenvalue weighted by Gasteiger charge is -2.26. The van der Waals surface area contributed by atoms with Crippen molar-refractivity contribution in [2.75, 3.05) is 6.61 Å². The van der Waals surface area contributed by atoms with Gasteiger partial charge in [-0.3, -0.25) is 4.79 Å². The molecule has 0 spiro atoms. The predicted molar refractivity (Wildman–Crippen MR) is 269 cm³/mol. The van der Waals surface area contributed by atoms with Gasteiger partial charge in [0.1, 0.15) is 6.10 Å². The van der Waals surface area contributed by atoms with Gasteiger partial charge in [0, 0.05) is 6.42 Å². The number of rotatable bonds is 52. The van der Waals surface area contributed by atoms with Crippen LogP contribution >= 0.6 is 0 Å².